The van der Waals surface area contributed by atoms with Crippen LogP contribution in [0.3, 0.4) is 0 Å². The van der Waals surface area contributed by atoms with E-state index in [2.05, 4.69) is 5.32 Å². The fraction of sp³-hybridized carbons (Fsp3) is 0.0952. The molecular weight excluding hydrogens is 358 g/mol. The van der Waals surface area contributed by atoms with Crippen LogP contribution in [0.4, 0.5) is 0 Å². The molecule has 0 bridgehead atoms. The molecule has 28 heavy (non-hydrogen) atoms. The topological polar surface area (TPSA) is 85.7 Å². The highest BCUT2D eigenvalue weighted by Crippen LogP contribution is 2.07. The second kappa shape index (κ2) is 7.40. The number of rotatable bonds is 5. The van der Waals surface area contributed by atoms with Gasteiger partial charge in [0.15, 0.2) is 0 Å². The van der Waals surface area contributed by atoms with Crippen molar-refractivity contribution in [3.63, 3.8) is 0 Å². The number of hydrogen-bond acceptors (Lipinski definition) is 4. The summed E-state index contributed by atoms with van der Waals surface area (Å²) in [6.45, 7) is 0.467. The maximum atomic E-state index is 12.7. The van der Waals surface area contributed by atoms with E-state index < -0.39 is 17.2 Å². The predicted octanol–water partition coefficient (Wildman–Crippen LogP) is 2.03. The molecule has 0 aliphatic heterocycles. The van der Waals surface area contributed by atoms with Crippen LogP contribution in [0.1, 0.15) is 21.7 Å². The summed E-state index contributed by atoms with van der Waals surface area (Å²) >= 11 is 0. The molecule has 7 heteroatoms. The number of hydrogen-bond donors (Lipinski definition) is 1. The number of nitrogens with zero attached hydrogens (tertiary/aromatic N) is 2. The number of carbonyl (C=O) groups excluding carboxylic acids is 1. The molecule has 2 heterocycles. The van der Waals surface area contributed by atoms with Gasteiger partial charge in [0.1, 0.15) is 0 Å². The normalized spacial score (nSPS) is 10.9. The Bertz CT molecular complexity index is 1240. The van der Waals surface area contributed by atoms with Crippen molar-refractivity contribution in [2.24, 2.45) is 0 Å². The summed E-state index contributed by atoms with van der Waals surface area (Å²) < 4.78 is 7.69. The van der Waals surface area contributed by atoms with Gasteiger partial charge in [-0.1, -0.05) is 60.7 Å². The van der Waals surface area contributed by atoms with Gasteiger partial charge in [-0.3, -0.25) is 14.2 Å². The van der Waals surface area contributed by atoms with E-state index in [0.717, 1.165) is 15.7 Å². The molecular formula is C21H17N3O4. The minimum Gasteiger partial charge on any atom is -0.433 e. The molecule has 0 unspecified atom stereocenters. The maximum absolute atomic E-state index is 12.7. The van der Waals surface area contributed by atoms with Gasteiger partial charge in [0.25, 0.3) is 11.5 Å². The van der Waals surface area contributed by atoms with Crippen LogP contribution in [0.25, 0.3) is 5.71 Å². The lowest BCUT2D eigenvalue weighted by Gasteiger charge is -2.04. The quantitative estimate of drug-likeness (QED) is 0.578. The summed E-state index contributed by atoms with van der Waals surface area (Å²) in [7, 11) is 0. The van der Waals surface area contributed by atoms with Crippen LogP contribution < -0.4 is 16.6 Å². The number of aromatic nitrogens is 2. The lowest BCUT2D eigenvalue weighted by molar-refractivity contribution is 0.0925. The number of nitrogens with one attached hydrogen (secondary N) is 1. The monoisotopic (exact) mass is 375 g/mol. The molecule has 140 valence electrons. The Hall–Kier alpha value is -3.87. The number of fused-ring (bicyclic) bond motifs is 1. The molecule has 0 atom stereocenters. The summed E-state index contributed by atoms with van der Waals surface area (Å²) in [6.07, 6.45) is 1.30. The molecule has 0 saturated heterocycles. The Kier molecular flexibility index (Phi) is 4.63. The molecule has 0 radical (unpaired) electrons. The Morgan fingerprint density at radius 3 is 2.25 bits per heavy atom. The summed E-state index contributed by atoms with van der Waals surface area (Å²) in [6, 6.07) is 19.8. The third-order valence-electron chi connectivity index (χ3n) is 4.35. The van der Waals surface area contributed by atoms with Gasteiger partial charge in [-0.25, -0.2) is 9.20 Å². The molecule has 2 aromatic heterocycles. The third kappa shape index (κ3) is 3.50. The van der Waals surface area contributed by atoms with Crippen LogP contribution in [0.15, 0.2) is 86.9 Å². The fourth-order valence-corrected chi connectivity index (χ4v) is 2.91. The van der Waals surface area contributed by atoms with Crippen molar-refractivity contribution < 1.29 is 9.21 Å². The fourth-order valence-electron chi connectivity index (χ4n) is 2.91. The van der Waals surface area contributed by atoms with E-state index in [0.29, 0.717) is 6.54 Å². The van der Waals surface area contributed by atoms with Crippen LogP contribution in [0, 0.1) is 0 Å². The van der Waals surface area contributed by atoms with Crippen molar-refractivity contribution >= 4 is 11.6 Å². The number of amides is 1. The largest absolute Gasteiger partial charge is 0.433 e. The van der Waals surface area contributed by atoms with Gasteiger partial charge in [0.2, 0.25) is 11.5 Å². The SMILES string of the molecule is O=C(NCc1ccccc1)c1cn2c(=O)n(Cc3ccccc3)c(=O)cc2o1. The summed E-state index contributed by atoms with van der Waals surface area (Å²) in [5, 5.41) is 2.73. The van der Waals surface area contributed by atoms with E-state index in [-0.39, 0.29) is 18.0 Å². The zero-order chi connectivity index (χ0) is 19.5. The number of oxazole rings is 1. The van der Waals surface area contributed by atoms with Crippen LogP contribution in [0.5, 0.6) is 0 Å². The molecule has 2 aromatic carbocycles. The van der Waals surface area contributed by atoms with Crippen molar-refractivity contribution in [2.75, 3.05) is 0 Å². The zero-order valence-corrected chi connectivity index (χ0v) is 14.9. The molecule has 1 amide bonds. The molecule has 0 fully saturated rings. The van der Waals surface area contributed by atoms with Gasteiger partial charge in [-0.05, 0) is 11.1 Å². The highest BCUT2D eigenvalue weighted by Gasteiger charge is 2.16. The Morgan fingerprint density at radius 2 is 1.57 bits per heavy atom. The van der Waals surface area contributed by atoms with Crippen molar-refractivity contribution in [1.29, 1.82) is 0 Å². The zero-order valence-electron chi connectivity index (χ0n) is 14.9. The van der Waals surface area contributed by atoms with Gasteiger partial charge >= 0.3 is 5.69 Å². The van der Waals surface area contributed by atoms with Crippen LogP contribution in [-0.4, -0.2) is 14.9 Å². The average Bonchev–Trinajstić information content (AvgIpc) is 3.15. The molecule has 0 spiro atoms. The van der Waals surface area contributed by atoms with Crippen LogP contribution in [-0.2, 0) is 13.1 Å². The third-order valence-corrected chi connectivity index (χ3v) is 4.35. The second-order valence-corrected chi connectivity index (χ2v) is 6.31. The lowest BCUT2D eigenvalue weighted by atomic mass is 10.2. The molecule has 1 N–H and O–H groups in total. The van der Waals surface area contributed by atoms with Crippen molar-refractivity contribution in [3.8, 4) is 0 Å². The van der Waals surface area contributed by atoms with Gasteiger partial charge in [0, 0.05) is 6.54 Å². The van der Waals surface area contributed by atoms with Gasteiger partial charge in [-0.15, -0.1) is 0 Å². The van der Waals surface area contributed by atoms with Gasteiger partial charge < -0.3 is 9.73 Å². The second-order valence-electron chi connectivity index (χ2n) is 6.31. The summed E-state index contributed by atoms with van der Waals surface area (Å²) in [5.74, 6) is -0.501. The van der Waals surface area contributed by atoms with E-state index in [1.54, 1.807) is 0 Å². The maximum Gasteiger partial charge on any atom is 0.338 e. The van der Waals surface area contributed by atoms with Crippen molar-refractivity contribution in [1.82, 2.24) is 14.3 Å². The van der Waals surface area contributed by atoms with Gasteiger partial charge in [-0.2, -0.15) is 0 Å². The molecule has 7 nitrogen and oxygen atoms in total. The average molecular weight is 375 g/mol. The molecule has 0 saturated carbocycles. The van der Waals surface area contributed by atoms with Crippen molar-refractivity contribution in [2.45, 2.75) is 13.1 Å². The van der Waals surface area contributed by atoms with Gasteiger partial charge in [0.05, 0.1) is 18.8 Å². The van der Waals surface area contributed by atoms with E-state index in [1.165, 1.54) is 16.7 Å². The molecule has 0 aliphatic carbocycles. The first-order valence-electron chi connectivity index (χ1n) is 8.74. The summed E-state index contributed by atoms with van der Waals surface area (Å²) in [5.41, 5.74) is 0.749. The molecule has 0 aliphatic rings. The lowest BCUT2D eigenvalue weighted by Crippen LogP contribution is -2.36. The van der Waals surface area contributed by atoms with E-state index in [1.807, 2.05) is 60.7 Å². The molecule has 4 rings (SSSR count). The highest BCUT2D eigenvalue weighted by molar-refractivity contribution is 5.91. The first-order valence-corrected chi connectivity index (χ1v) is 8.74. The minimum atomic E-state index is -0.558. The van der Waals surface area contributed by atoms with Crippen molar-refractivity contribution in [3.05, 3.63) is 111 Å². The first-order chi connectivity index (χ1) is 13.6. The summed E-state index contributed by atoms with van der Waals surface area (Å²) in [4.78, 5) is 37.4. The van der Waals surface area contributed by atoms with Crippen LogP contribution >= 0.6 is 0 Å². The Balaban J connectivity index is 1.62. The first kappa shape index (κ1) is 17.5. The smallest absolute Gasteiger partial charge is 0.338 e. The molecule has 4 aromatic rings. The highest BCUT2D eigenvalue weighted by atomic mass is 16.4. The number of carbonyl (C=O) groups is 1. The number of benzene rings is 2. The standard InChI is InChI=1S/C21H17N3O4/c25-18-11-19-24(21(27)23(18)13-16-9-5-2-6-10-16)14-17(28-19)20(26)22-12-15-7-3-1-4-8-15/h1-11,14H,12-13H2,(H,22,26). The predicted molar refractivity (Wildman–Crippen MR) is 103 cm³/mol. The van der Waals surface area contributed by atoms with E-state index in [9.17, 15) is 14.4 Å². The minimum absolute atomic E-state index is 0.0316. The Morgan fingerprint density at radius 1 is 0.929 bits per heavy atom. The van der Waals surface area contributed by atoms with E-state index >= 15 is 0 Å². The Labute approximate surface area is 159 Å². The van der Waals surface area contributed by atoms with Crippen LogP contribution in [0.2, 0.25) is 0 Å². The van der Waals surface area contributed by atoms with E-state index in [4.69, 9.17) is 4.42 Å².